The van der Waals surface area contributed by atoms with E-state index in [-0.39, 0.29) is 23.7 Å². The normalized spacial score (nSPS) is 50.1. The van der Waals surface area contributed by atoms with Crippen LogP contribution in [0.5, 0.6) is 0 Å². The lowest BCUT2D eigenvalue weighted by atomic mass is 9.33. The van der Waals surface area contributed by atoms with Gasteiger partial charge < -0.3 is 94.1 Å². The summed E-state index contributed by atoms with van der Waals surface area (Å²) in [5.41, 5.74) is -3.22. The summed E-state index contributed by atoms with van der Waals surface area (Å²) >= 11 is 0. The molecule has 1 unspecified atom stereocenters. The Bertz CT molecular complexity index is 2170. The van der Waals surface area contributed by atoms with E-state index in [2.05, 4.69) is 40.7 Å². The molecule has 3 aliphatic heterocycles. The van der Waals surface area contributed by atoms with Crippen molar-refractivity contribution in [3.63, 3.8) is 0 Å². The van der Waals surface area contributed by atoms with Crippen molar-refractivity contribution in [3.05, 3.63) is 23.8 Å². The van der Waals surface area contributed by atoms with Crippen LogP contribution in [0.4, 0.5) is 0 Å². The van der Waals surface area contributed by atoms with Crippen LogP contribution in [-0.4, -0.2) is 204 Å². The van der Waals surface area contributed by atoms with E-state index in [9.17, 15) is 70.6 Å². The van der Waals surface area contributed by atoms with Gasteiger partial charge in [-0.3, -0.25) is 4.79 Å². The summed E-state index contributed by atoms with van der Waals surface area (Å²) in [7, 11) is 0. The van der Waals surface area contributed by atoms with Gasteiger partial charge in [-0.2, -0.15) is 0 Å². The van der Waals surface area contributed by atoms with Crippen LogP contribution in [-0.2, 0) is 52.3 Å². The summed E-state index contributed by atoms with van der Waals surface area (Å²) in [6, 6.07) is 0. The van der Waals surface area contributed by atoms with Crippen LogP contribution in [0.1, 0.15) is 107 Å². The number of ether oxygens (including phenoxy) is 8. The molecule has 3 saturated heterocycles. The zero-order chi connectivity index (χ0) is 55.3. The number of esters is 2. The minimum atomic E-state index is -2.10. The number of aliphatic carboxylic acids is 1. The number of aliphatic hydroxyl groups is 10. The summed E-state index contributed by atoms with van der Waals surface area (Å²) in [6.45, 7) is 15.6. The molecule has 25 atom stereocenters. The van der Waals surface area contributed by atoms with Gasteiger partial charge in [0, 0.05) is 18.4 Å². The number of carbonyl (C=O) groups is 3. The molecule has 5 aliphatic carbocycles. The van der Waals surface area contributed by atoms with Gasteiger partial charge >= 0.3 is 17.9 Å². The predicted molar refractivity (Wildman–Crippen MR) is 257 cm³/mol. The molecule has 8 rings (SSSR count). The third-order valence-corrected chi connectivity index (χ3v) is 20.1. The first kappa shape index (κ1) is 58.4. The van der Waals surface area contributed by atoms with Crippen molar-refractivity contribution in [2.45, 2.75) is 218 Å². The number of allylic oxidation sites excluding steroid dienone is 3. The highest BCUT2D eigenvalue weighted by Gasteiger charge is 2.74. The van der Waals surface area contributed by atoms with Crippen molar-refractivity contribution in [1.29, 1.82) is 0 Å². The van der Waals surface area contributed by atoms with Gasteiger partial charge in [-0.25, -0.2) is 9.59 Å². The van der Waals surface area contributed by atoms with E-state index in [1.54, 1.807) is 13.0 Å². The van der Waals surface area contributed by atoms with Crippen molar-refractivity contribution in [2.24, 2.45) is 50.2 Å². The molecule has 0 spiro atoms. The molecule has 7 fully saturated rings. The Balaban J connectivity index is 1.11. The molecule has 22 nitrogen and oxygen atoms in total. The summed E-state index contributed by atoms with van der Waals surface area (Å²) in [6.07, 6.45) is -20.3. The average molecular weight is 1070 g/mol. The maximum absolute atomic E-state index is 13.0. The Hall–Kier alpha value is -2.75. The fourth-order valence-electron chi connectivity index (χ4n) is 16.0. The molecule has 0 aromatic heterocycles. The number of rotatable bonds is 13. The summed E-state index contributed by atoms with van der Waals surface area (Å²) in [5, 5.41) is 120. The van der Waals surface area contributed by atoms with Crippen LogP contribution < -0.4 is 0 Å². The van der Waals surface area contributed by atoms with Gasteiger partial charge in [0.2, 0.25) is 0 Å². The lowest BCUT2D eigenvalue weighted by molar-refractivity contribution is -0.386. The highest BCUT2D eigenvalue weighted by atomic mass is 16.8. The number of hydrogen-bond acceptors (Lipinski definition) is 21. The zero-order valence-corrected chi connectivity index (χ0v) is 44.3. The third-order valence-electron chi connectivity index (χ3n) is 20.1. The first-order valence-electron chi connectivity index (χ1n) is 26.5. The lowest BCUT2D eigenvalue weighted by Gasteiger charge is -2.72. The standard InChI is InChI=1S/C53H82O22/c1-10-11-32(59)72-42-43(68-23(2)57)53(22-56)25(18-48(42,3)4)24-12-13-29-50(7)16-15-31(49(5,6)28(50)14-17-51(29,8)52(24,9)19-30(53)58)71-47-41(75-46-37(64)35(62)33(60)26(20-54)69-46)39(38(65)40(74-47)44(66)67)73-45-36(63)34(61)27(21-55)70-45/h10-12,25-31,33-43,45-47,54-56,58,60-65H,13-22H2,1-9H3,(H,66,67)/b11-10-/t25-,26+,27-,28-,29+,30+,31?,33-,34-,35-,36+,37+,38-,39-,40-,41+,42-,43-,45-,46-,47+,50-,51+,52+,53-/m0/s1. The first-order valence-corrected chi connectivity index (χ1v) is 26.5. The molecule has 75 heavy (non-hydrogen) atoms. The van der Waals surface area contributed by atoms with Gasteiger partial charge in [-0.05, 0) is 91.3 Å². The fourth-order valence-corrected chi connectivity index (χ4v) is 16.0. The Morgan fingerprint density at radius 1 is 0.693 bits per heavy atom. The largest absolute Gasteiger partial charge is 0.479 e. The Morgan fingerprint density at radius 3 is 1.87 bits per heavy atom. The quantitative estimate of drug-likeness (QED) is 0.0499. The van der Waals surface area contributed by atoms with E-state index in [0.717, 1.165) is 5.57 Å². The average Bonchev–Trinajstić information content (AvgIpc) is 3.61. The molecular weight excluding hydrogens is 989 g/mol. The highest BCUT2D eigenvalue weighted by molar-refractivity contribution is 5.82. The van der Waals surface area contributed by atoms with E-state index in [0.29, 0.717) is 38.5 Å². The van der Waals surface area contributed by atoms with Crippen molar-refractivity contribution < 1.29 is 108 Å². The molecule has 0 aromatic rings. The molecule has 4 saturated carbocycles. The van der Waals surface area contributed by atoms with E-state index in [4.69, 9.17) is 37.9 Å². The van der Waals surface area contributed by atoms with Crippen molar-refractivity contribution in [2.75, 3.05) is 19.8 Å². The Kier molecular flexibility index (Phi) is 16.4. The molecule has 22 heteroatoms. The minimum Gasteiger partial charge on any atom is -0.479 e. The van der Waals surface area contributed by atoms with E-state index in [1.165, 1.54) is 13.0 Å². The molecule has 8 aliphatic rings. The summed E-state index contributed by atoms with van der Waals surface area (Å²) in [5.74, 6) is -3.37. The molecular formula is C53H82O22. The topological polar surface area (TPSA) is 348 Å². The predicted octanol–water partition coefficient (Wildman–Crippen LogP) is -0.0445. The lowest BCUT2D eigenvalue weighted by Crippen LogP contribution is -2.72. The molecule has 3 heterocycles. The number of aliphatic hydroxyl groups excluding tert-OH is 10. The summed E-state index contributed by atoms with van der Waals surface area (Å²) < 4.78 is 48.6. The Labute approximate surface area is 436 Å². The summed E-state index contributed by atoms with van der Waals surface area (Å²) in [4.78, 5) is 38.8. The van der Waals surface area contributed by atoms with Crippen LogP contribution in [0.15, 0.2) is 23.8 Å². The van der Waals surface area contributed by atoms with Crippen LogP contribution in [0.3, 0.4) is 0 Å². The molecule has 0 aromatic carbocycles. The first-order chi connectivity index (χ1) is 35.0. The van der Waals surface area contributed by atoms with Gasteiger partial charge in [0.25, 0.3) is 0 Å². The third kappa shape index (κ3) is 9.34. The number of carbonyl (C=O) groups excluding carboxylic acids is 2. The Morgan fingerprint density at radius 2 is 1.29 bits per heavy atom. The fraction of sp³-hybridized carbons (Fsp3) is 0.868. The second kappa shape index (κ2) is 21.0. The van der Waals surface area contributed by atoms with E-state index in [1.807, 2.05) is 13.8 Å². The van der Waals surface area contributed by atoms with Gasteiger partial charge in [-0.1, -0.05) is 66.2 Å². The number of carboxylic acid groups (broad SMARTS) is 1. The van der Waals surface area contributed by atoms with Gasteiger partial charge in [-0.15, -0.1) is 0 Å². The second-order valence-corrected chi connectivity index (χ2v) is 24.8. The smallest absolute Gasteiger partial charge is 0.335 e. The molecule has 11 N–H and O–H groups in total. The second-order valence-electron chi connectivity index (χ2n) is 24.8. The van der Waals surface area contributed by atoms with Gasteiger partial charge in [0.05, 0.1) is 37.4 Å². The van der Waals surface area contributed by atoms with Gasteiger partial charge in [0.1, 0.15) is 73.2 Å². The van der Waals surface area contributed by atoms with E-state index < -0.39 is 181 Å². The van der Waals surface area contributed by atoms with Crippen LogP contribution in [0, 0.1) is 50.2 Å². The molecule has 0 bridgehead atoms. The monoisotopic (exact) mass is 1070 g/mol. The number of fused-ring (bicyclic) bond motifs is 7. The van der Waals surface area contributed by atoms with Crippen molar-refractivity contribution in [1.82, 2.24) is 0 Å². The maximum atomic E-state index is 13.0. The van der Waals surface area contributed by atoms with Gasteiger partial charge in [0.15, 0.2) is 25.0 Å². The van der Waals surface area contributed by atoms with Crippen LogP contribution in [0.25, 0.3) is 0 Å². The van der Waals surface area contributed by atoms with Crippen molar-refractivity contribution >= 4 is 17.9 Å². The molecule has 0 amide bonds. The zero-order valence-electron chi connectivity index (χ0n) is 44.3. The minimum absolute atomic E-state index is 0.0374. The van der Waals surface area contributed by atoms with Crippen LogP contribution >= 0.6 is 0 Å². The number of carboxylic acids is 1. The number of hydrogen-bond donors (Lipinski definition) is 11. The highest BCUT2D eigenvalue weighted by Crippen LogP contribution is 2.76. The SMILES string of the molecule is C/C=C\C(=O)O[C@H]1[C@H](OC(C)=O)[C@]2(CO)[C@H](O)C[C@]3(C)C(=CC[C@@H]4[C@@]5(C)CCC(O[C@@H]6O[C@H](C(=O)O)[C@@H](O)[C@H](O[C@@H]7O[C@@H](CO)[C@H](O)[C@H]7O)[C@H]6O[C@@H]6O[C@H](CO)[C@H](O)[C@H](O)[C@H]6O)C(C)(C)[C@@H]5CC[C@]43C)[C@@H]2CC1(C)C. The maximum Gasteiger partial charge on any atom is 0.335 e. The molecule has 426 valence electrons. The van der Waals surface area contributed by atoms with Crippen LogP contribution in [0.2, 0.25) is 0 Å². The van der Waals surface area contributed by atoms with E-state index >= 15 is 0 Å². The van der Waals surface area contributed by atoms with Crippen molar-refractivity contribution in [3.8, 4) is 0 Å². The molecule has 0 radical (unpaired) electrons.